The molecule has 0 aromatic heterocycles. The minimum absolute atomic E-state index is 0.0508. The topological polar surface area (TPSA) is 33.0 Å². The highest BCUT2D eigenvalue weighted by Gasteiger charge is 2.46. The molecule has 1 fully saturated rings. The molecule has 0 amide bonds. The first-order valence-electron chi connectivity index (χ1n) is 5.36. The second kappa shape index (κ2) is 4.04. The summed E-state index contributed by atoms with van der Waals surface area (Å²) in [5, 5.41) is 9.18. The molecule has 15 heavy (non-hydrogen) atoms. The van der Waals surface area contributed by atoms with Gasteiger partial charge in [0.1, 0.15) is 0 Å². The van der Waals surface area contributed by atoms with Gasteiger partial charge in [0.25, 0.3) is 0 Å². The molecule has 2 rings (SSSR count). The van der Waals surface area contributed by atoms with Gasteiger partial charge in [0, 0.05) is 0 Å². The normalized spacial score (nSPS) is 20.0. The van der Waals surface area contributed by atoms with Crippen LogP contribution in [-0.2, 0) is 10.2 Å². The lowest BCUT2D eigenvalue weighted by atomic mass is 9.68. The molecule has 1 aromatic rings. The van der Waals surface area contributed by atoms with Crippen molar-refractivity contribution >= 4 is 0 Å². The van der Waals surface area contributed by atoms with Gasteiger partial charge in [-0.2, -0.15) is 5.26 Å². The lowest BCUT2D eigenvalue weighted by molar-refractivity contribution is -0.0804. The van der Waals surface area contributed by atoms with Crippen molar-refractivity contribution in [1.82, 2.24) is 0 Å². The van der Waals surface area contributed by atoms with Crippen LogP contribution < -0.4 is 0 Å². The molecule has 2 nitrogen and oxygen atoms in total. The van der Waals surface area contributed by atoms with Crippen molar-refractivity contribution in [3.8, 4) is 6.07 Å². The van der Waals surface area contributed by atoms with Crippen LogP contribution in [0.4, 0.5) is 0 Å². The minimum Gasteiger partial charge on any atom is -0.379 e. The van der Waals surface area contributed by atoms with E-state index in [9.17, 15) is 5.26 Å². The molecule has 2 heteroatoms. The predicted octanol–water partition coefficient (Wildman–Crippen LogP) is 2.50. The Kier molecular flexibility index (Phi) is 2.75. The molecule has 1 aliphatic heterocycles. The average molecular weight is 201 g/mol. The summed E-state index contributed by atoms with van der Waals surface area (Å²) in [4.78, 5) is 0. The Hall–Kier alpha value is -1.33. The van der Waals surface area contributed by atoms with Gasteiger partial charge in [-0.3, -0.25) is 0 Å². The highest BCUT2D eigenvalue weighted by Crippen LogP contribution is 2.40. The van der Waals surface area contributed by atoms with E-state index in [0.717, 1.165) is 6.42 Å². The first-order chi connectivity index (χ1) is 7.33. The van der Waals surface area contributed by atoms with Crippen LogP contribution in [0.2, 0.25) is 0 Å². The highest BCUT2D eigenvalue weighted by molar-refractivity contribution is 5.31. The lowest BCUT2D eigenvalue weighted by Crippen LogP contribution is -2.51. The van der Waals surface area contributed by atoms with E-state index in [2.05, 4.69) is 25.1 Å². The molecule has 1 unspecified atom stereocenters. The predicted molar refractivity (Wildman–Crippen MR) is 58.3 cm³/mol. The van der Waals surface area contributed by atoms with Gasteiger partial charge in [0.05, 0.1) is 30.6 Å². The van der Waals surface area contributed by atoms with E-state index in [1.54, 1.807) is 0 Å². The zero-order valence-corrected chi connectivity index (χ0v) is 8.94. The summed E-state index contributed by atoms with van der Waals surface area (Å²) in [5.41, 5.74) is 1.19. The molecule has 0 radical (unpaired) electrons. The second-order valence-electron chi connectivity index (χ2n) is 4.10. The lowest BCUT2D eigenvalue weighted by Gasteiger charge is -2.44. The summed E-state index contributed by atoms with van der Waals surface area (Å²) >= 11 is 0. The molecule has 1 saturated heterocycles. The van der Waals surface area contributed by atoms with Gasteiger partial charge in [0.2, 0.25) is 0 Å². The second-order valence-corrected chi connectivity index (χ2v) is 4.10. The molecule has 1 aliphatic rings. The monoisotopic (exact) mass is 201 g/mol. The number of benzene rings is 1. The Morgan fingerprint density at radius 2 is 2.07 bits per heavy atom. The van der Waals surface area contributed by atoms with Crippen LogP contribution in [0.5, 0.6) is 0 Å². The smallest absolute Gasteiger partial charge is 0.0666 e. The Morgan fingerprint density at radius 1 is 1.40 bits per heavy atom. The van der Waals surface area contributed by atoms with Gasteiger partial charge >= 0.3 is 0 Å². The van der Waals surface area contributed by atoms with Crippen LogP contribution in [0, 0.1) is 17.2 Å². The Bertz CT molecular complexity index is 362. The Balaban J connectivity index is 2.34. The Labute approximate surface area is 90.5 Å². The van der Waals surface area contributed by atoms with Crippen LogP contribution in [0.15, 0.2) is 30.3 Å². The molecule has 0 spiro atoms. The molecule has 0 saturated carbocycles. The number of hydrogen-bond donors (Lipinski definition) is 0. The van der Waals surface area contributed by atoms with Gasteiger partial charge < -0.3 is 4.74 Å². The molecule has 1 atom stereocenters. The van der Waals surface area contributed by atoms with Crippen molar-refractivity contribution < 1.29 is 4.74 Å². The van der Waals surface area contributed by atoms with Gasteiger partial charge in [-0.1, -0.05) is 37.3 Å². The summed E-state index contributed by atoms with van der Waals surface area (Å²) < 4.78 is 5.33. The number of ether oxygens (including phenoxy) is 1. The standard InChI is InChI=1S/C13H15NO/c1-2-11(8-14)13(9-15-10-13)12-6-4-3-5-7-12/h3-7,11H,2,9-10H2,1H3. The first-order valence-corrected chi connectivity index (χ1v) is 5.36. The van der Waals surface area contributed by atoms with E-state index in [-0.39, 0.29) is 11.3 Å². The maximum atomic E-state index is 9.18. The van der Waals surface area contributed by atoms with Gasteiger partial charge in [-0.25, -0.2) is 0 Å². The molecule has 0 bridgehead atoms. The van der Waals surface area contributed by atoms with Crippen molar-refractivity contribution in [2.45, 2.75) is 18.8 Å². The number of rotatable bonds is 3. The third-order valence-electron chi connectivity index (χ3n) is 3.30. The Morgan fingerprint density at radius 3 is 2.47 bits per heavy atom. The summed E-state index contributed by atoms with van der Waals surface area (Å²) in [6.07, 6.45) is 0.884. The van der Waals surface area contributed by atoms with E-state index >= 15 is 0 Å². The number of nitriles is 1. The molecule has 1 heterocycles. The maximum Gasteiger partial charge on any atom is 0.0666 e. The van der Waals surface area contributed by atoms with Crippen molar-refractivity contribution in [3.63, 3.8) is 0 Å². The summed E-state index contributed by atoms with van der Waals surface area (Å²) in [5.74, 6) is 0.0636. The summed E-state index contributed by atoms with van der Waals surface area (Å²) in [6.45, 7) is 3.43. The van der Waals surface area contributed by atoms with Crippen LogP contribution in [0.25, 0.3) is 0 Å². The van der Waals surface area contributed by atoms with Crippen LogP contribution in [0.3, 0.4) is 0 Å². The quantitative estimate of drug-likeness (QED) is 0.752. The summed E-state index contributed by atoms with van der Waals surface area (Å²) in [7, 11) is 0. The maximum absolute atomic E-state index is 9.18. The summed E-state index contributed by atoms with van der Waals surface area (Å²) in [6, 6.07) is 12.7. The molecular formula is C13H15NO. The number of nitrogens with zero attached hydrogens (tertiary/aromatic N) is 1. The molecule has 1 aromatic carbocycles. The van der Waals surface area contributed by atoms with E-state index in [1.165, 1.54) is 5.56 Å². The fourth-order valence-corrected chi connectivity index (χ4v) is 2.27. The largest absolute Gasteiger partial charge is 0.379 e. The van der Waals surface area contributed by atoms with E-state index in [0.29, 0.717) is 13.2 Å². The first kappa shape index (κ1) is 10.2. The molecule has 0 N–H and O–H groups in total. The minimum atomic E-state index is -0.0508. The third-order valence-corrected chi connectivity index (χ3v) is 3.30. The van der Waals surface area contributed by atoms with Gasteiger partial charge in [0.15, 0.2) is 0 Å². The van der Waals surface area contributed by atoms with Crippen molar-refractivity contribution in [2.24, 2.45) is 5.92 Å². The molecular weight excluding hydrogens is 186 g/mol. The highest BCUT2D eigenvalue weighted by atomic mass is 16.5. The zero-order valence-electron chi connectivity index (χ0n) is 8.94. The van der Waals surface area contributed by atoms with E-state index in [1.807, 2.05) is 18.2 Å². The third kappa shape index (κ3) is 1.53. The fourth-order valence-electron chi connectivity index (χ4n) is 2.27. The van der Waals surface area contributed by atoms with Gasteiger partial charge in [-0.15, -0.1) is 0 Å². The SMILES string of the molecule is CCC(C#N)C1(c2ccccc2)COC1. The zero-order chi connectivity index (χ0) is 10.7. The molecule has 78 valence electrons. The van der Waals surface area contributed by atoms with E-state index < -0.39 is 0 Å². The van der Waals surface area contributed by atoms with E-state index in [4.69, 9.17) is 4.74 Å². The number of hydrogen-bond acceptors (Lipinski definition) is 2. The van der Waals surface area contributed by atoms with Crippen LogP contribution in [0.1, 0.15) is 18.9 Å². The molecule has 0 aliphatic carbocycles. The van der Waals surface area contributed by atoms with Crippen molar-refractivity contribution in [2.75, 3.05) is 13.2 Å². The van der Waals surface area contributed by atoms with Crippen LogP contribution >= 0.6 is 0 Å². The average Bonchev–Trinajstić information content (AvgIpc) is 2.24. The van der Waals surface area contributed by atoms with Crippen LogP contribution in [-0.4, -0.2) is 13.2 Å². The van der Waals surface area contributed by atoms with Gasteiger partial charge in [-0.05, 0) is 12.0 Å². The fraction of sp³-hybridized carbons (Fsp3) is 0.462. The van der Waals surface area contributed by atoms with Crippen molar-refractivity contribution in [3.05, 3.63) is 35.9 Å². The van der Waals surface area contributed by atoms with Crippen molar-refractivity contribution in [1.29, 1.82) is 5.26 Å².